The number of rotatable bonds is 3. The molecule has 0 spiro atoms. The molecule has 0 bridgehead atoms. The van der Waals surface area contributed by atoms with Crippen molar-refractivity contribution in [3.05, 3.63) is 69.9 Å². The van der Waals surface area contributed by atoms with Gasteiger partial charge in [0.1, 0.15) is 11.6 Å². The first-order valence-electron chi connectivity index (χ1n) is 9.91. The van der Waals surface area contributed by atoms with Gasteiger partial charge < -0.3 is 4.57 Å². The van der Waals surface area contributed by atoms with E-state index in [-0.39, 0.29) is 5.41 Å². The van der Waals surface area contributed by atoms with Gasteiger partial charge in [-0.15, -0.1) is 21.5 Å². The lowest BCUT2D eigenvalue weighted by atomic mass is 9.67. The highest BCUT2D eigenvalue weighted by Gasteiger charge is 2.46. The second kappa shape index (κ2) is 6.66. The summed E-state index contributed by atoms with van der Waals surface area (Å²) in [4.78, 5) is 1.47. The molecule has 1 aromatic carbocycles. The van der Waals surface area contributed by atoms with E-state index in [4.69, 9.17) is 10.2 Å². The van der Waals surface area contributed by atoms with E-state index in [0.717, 1.165) is 6.54 Å². The lowest BCUT2D eigenvalue weighted by Gasteiger charge is -2.40. The van der Waals surface area contributed by atoms with Gasteiger partial charge in [0, 0.05) is 17.3 Å². The number of benzene rings is 1. The molecule has 1 aliphatic carbocycles. The lowest BCUT2D eigenvalue weighted by Crippen LogP contribution is -2.38. The summed E-state index contributed by atoms with van der Waals surface area (Å²) in [7, 11) is 0. The van der Waals surface area contributed by atoms with Crippen LogP contribution in [0.4, 0.5) is 0 Å². The Labute approximate surface area is 159 Å². The van der Waals surface area contributed by atoms with Crippen molar-refractivity contribution in [2.45, 2.75) is 62.8 Å². The van der Waals surface area contributed by atoms with Crippen LogP contribution in [0.1, 0.15) is 73.0 Å². The molecule has 134 valence electrons. The van der Waals surface area contributed by atoms with Crippen molar-refractivity contribution in [2.24, 2.45) is 0 Å². The third-order valence-corrected chi connectivity index (χ3v) is 7.37. The highest BCUT2D eigenvalue weighted by molar-refractivity contribution is 7.10. The molecule has 1 unspecified atom stereocenters. The van der Waals surface area contributed by atoms with Gasteiger partial charge in [0.15, 0.2) is 0 Å². The van der Waals surface area contributed by atoms with Gasteiger partial charge in [0.2, 0.25) is 0 Å². The van der Waals surface area contributed by atoms with Gasteiger partial charge in [-0.3, -0.25) is 0 Å². The van der Waals surface area contributed by atoms with Crippen LogP contribution < -0.4 is 0 Å². The molecule has 0 N–H and O–H groups in total. The molecule has 1 saturated carbocycles. The second-order valence-electron chi connectivity index (χ2n) is 7.76. The average molecular weight is 364 g/mol. The number of nitrogens with zero attached hydrogens (tertiary/aromatic N) is 3. The van der Waals surface area contributed by atoms with Crippen molar-refractivity contribution in [3.63, 3.8) is 0 Å². The van der Waals surface area contributed by atoms with E-state index in [1.807, 2.05) is 11.3 Å². The Bertz CT molecular complexity index is 862. The molecule has 2 aliphatic rings. The molecule has 3 nitrogen and oxygen atoms in total. The van der Waals surface area contributed by atoms with Crippen LogP contribution in [0.15, 0.2) is 47.8 Å². The molecule has 1 atom stereocenters. The second-order valence-corrected chi connectivity index (χ2v) is 8.71. The fourth-order valence-corrected chi connectivity index (χ4v) is 5.72. The van der Waals surface area contributed by atoms with Crippen LogP contribution >= 0.6 is 11.3 Å². The largest absolute Gasteiger partial charge is 0.314 e. The normalized spacial score (nSPS) is 22.1. The van der Waals surface area contributed by atoms with Crippen molar-refractivity contribution in [1.82, 2.24) is 14.8 Å². The SMILES string of the molecule is c1ccc(C2CCCCCn3c2nnc3C2(c3cccs3)CCC2)cc1. The van der Waals surface area contributed by atoms with Gasteiger partial charge in [-0.05, 0) is 42.7 Å². The summed E-state index contributed by atoms with van der Waals surface area (Å²) in [6.45, 7) is 1.06. The molecular formula is C22H25N3S. The average Bonchev–Trinajstić information content (AvgIpc) is 3.27. The zero-order valence-corrected chi connectivity index (χ0v) is 15.9. The third kappa shape index (κ3) is 2.54. The van der Waals surface area contributed by atoms with E-state index in [2.05, 4.69) is 52.4 Å². The van der Waals surface area contributed by atoms with Crippen molar-refractivity contribution in [1.29, 1.82) is 0 Å². The van der Waals surface area contributed by atoms with Crippen LogP contribution in [0.3, 0.4) is 0 Å². The predicted octanol–water partition coefficient (Wildman–Crippen LogP) is 5.52. The Balaban J connectivity index is 1.62. The van der Waals surface area contributed by atoms with E-state index in [0.29, 0.717) is 5.92 Å². The van der Waals surface area contributed by atoms with E-state index < -0.39 is 0 Å². The molecule has 1 fully saturated rings. The number of aromatic nitrogens is 3. The van der Waals surface area contributed by atoms with Gasteiger partial charge in [-0.1, -0.05) is 55.7 Å². The molecule has 0 saturated heterocycles. The summed E-state index contributed by atoms with van der Waals surface area (Å²) < 4.78 is 2.50. The van der Waals surface area contributed by atoms with Crippen LogP contribution in [0.25, 0.3) is 0 Å². The Kier molecular flexibility index (Phi) is 4.16. The Hall–Kier alpha value is -1.94. The summed E-state index contributed by atoms with van der Waals surface area (Å²) in [5.41, 5.74) is 1.49. The minimum Gasteiger partial charge on any atom is -0.314 e. The minimum atomic E-state index is 0.111. The smallest absolute Gasteiger partial charge is 0.144 e. The van der Waals surface area contributed by atoms with Gasteiger partial charge in [0.25, 0.3) is 0 Å². The van der Waals surface area contributed by atoms with Crippen LogP contribution in [0.2, 0.25) is 0 Å². The molecule has 0 amide bonds. The number of hydrogen-bond acceptors (Lipinski definition) is 3. The summed E-state index contributed by atoms with van der Waals surface area (Å²) in [5, 5.41) is 11.8. The molecule has 5 rings (SSSR count). The van der Waals surface area contributed by atoms with Crippen LogP contribution in [0.5, 0.6) is 0 Å². The van der Waals surface area contributed by atoms with Gasteiger partial charge in [-0.2, -0.15) is 0 Å². The van der Waals surface area contributed by atoms with E-state index >= 15 is 0 Å². The highest BCUT2D eigenvalue weighted by Crippen LogP contribution is 2.50. The quantitative estimate of drug-likeness (QED) is 0.614. The molecule has 26 heavy (non-hydrogen) atoms. The van der Waals surface area contributed by atoms with E-state index in [1.54, 1.807) is 0 Å². The molecule has 4 heteroatoms. The summed E-state index contributed by atoms with van der Waals surface area (Å²) in [6, 6.07) is 15.4. The van der Waals surface area contributed by atoms with Crippen molar-refractivity contribution in [3.8, 4) is 0 Å². The van der Waals surface area contributed by atoms with Crippen LogP contribution in [0, 0.1) is 0 Å². The minimum absolute atomic E-state index is 0.111. The van der Waals surface area contributed by atoms with Crippen LogP contribution in [-0.2, 0) is 12.0 Å². The Morgan fingerprint density at radius 3 is 2.54 bits per heavy atom. The van der Waals surface area contributed by atoms with Crippen molar-refractivity contribution < 1.29 is 0 Å². The first kappa shape index (κ1) is 16.2. The van der Waals surface area contributed by atoms with Crippen molar-refractivity contribution in [2.75, 3.05) is 0 Å². The first-order valence-corrected chi connectivity index (χ1v) is 10.8. The van der Waals surface area contributed by atoms with Gasteiger partial charge >= 0.3 is 0 Å². The molecule has 1 aliphatic heterocycles. The van der Waals surface area contributed by atoms with Gasteiger partial charge in [-0.25, -0.2) is 0 Å². The maximum Gasteiger partial charge on any atom is 0.144 e. The summed E-state index contributed by atoms with van der Waals surface area (Å²) in [6.07, 6.45) is 8.70. The van der Waals surface area contributed by atoms with E-state index in [9.17, 15) is 0 Å². The third-order valence-electron chi connectivity index (χ3n) is 6.30. The molecule has 2 aromatic heterocycles. The van der Waals surface area contributed by atoms with Gasteiger partial charge in [0.05, 0.1) is 5.41 Å². The number of thiophene rings is 1. The Morgan fingerprint density at radius 2 is 1.81 bits per heavy atom. The zero-order chi connectivity index (χ0) is 17.4. The maximum absolute atomic E-state index is 4.83. The molecular weight excluding hydrogens is 338 g/mol. The fourth-order valence-electron chi connectivity index (χ4n) is 4.73. The van der Waals surface area contributed by atoms with Crippen LogP contribution in [-0.4, -0.2) is 14.8 Å². The topological polar surface area (TPSA) is 30.7 Å². The maximum atomic E-state index is 4.83. The zero-order valence-electron chi connectivity index (χ0n) is 15.1. The predicted molar refractivity (Wildman–Crippen MR) is 106 cm³/mol. The monoisotopic (exact) mass is 363 g/mol. The van der Waals surface area contributed by atoms with E-state index in [1.165, 1.54) is 67.0 Å². The molecule has 3 heterocycles. The molecule has 3 aromatic rings. The summed E-state index contributed by atoms with van der Waals surface area (Å²) >= 11 is 1.88. The molecule has 0 radical (unpaired) electrons. The standard InChI is InChI=1S/C22H25N3S/c1-3-9-17(10-4-1)18-11-5-2-6-15-25-20(18)23-24-21(25)22(13-8-14-22)19-12-7-16-26-19/h1,3-4,7,9-10,12,16,18H,2,5-6,8,11,13-15H2. The lowest BCUT2D eigenvalue weighted by molar-refractivity contribution is 0.276. The number of fused-ring (bicyclic) bond motifs is 1. The Morgan fingerprint density at radius 1 is 0.923 bits per heavy atom. The van der Waals surface area contributed by atoms with Crippen molar-refractivity contribution >= 4 is 11.3 Å². The first-order chi connectivity index (χ1) is 12.9. The highest BCUT2D eigenvalue weighted by atomic mass is 32.1. The summed E-state index contributed by atoms with van der Waals surface area (Å²) in [5.74, 6) is 2.79. The number of hydrogen-bond donors (Lipinski definition) is 0. The fraction of sp³-hybridized carbons (Fsp3) is 0.455.